The van der Waals surface area contributed by atoms with Crippen molar-refractivity contribution in [1.29, 1.82) is 0 Å². The minimum Gasteiger partial charge on any atom is -0.309 e. The molecule has 2 rings (SSSR count). The van der Waals surface area contributed by atoms with Gasteiger partial charge in [0.15, 0.2) is 0 Å². The van der Waals surface area contributed by atoms with Crippen molar-refractivity contribution in [2.75, 3.05) is 13.1 Å². The lowest BCUT2D eigenvalue weighted by Crippen LogP contribution is -2.53. The highest BCUT2D eigenvalue weighted by Crippen LogP contribution is 2.19. The zero-order valence-corrected chi connectivity index (χ0v) is 12.4. The van der Waals surface area contributed by atoms with Crippen molar-refractivity contribution in [1.82, 2.24) is 10.2 Å². The van der Waals surface area contributed by atoms with Crippen LogP contribution in [0.4, 0.5) is 0 Å². The minimum absolute atomic E-state index is 0.597. The summed E-state index contributed by atoms with van der Waals surface area (Å²) >= 11 is 0. The maximum atomic E-state index is 3.59. The van der Waals surface area contributed by atoms with E-state index in [0.717, 1.165) is 19.6 Å². The first-order valence-corrected chi connectivity index (χ1v) is 7.01. The Labute approximate surface area is 111 Å². The summed E-state index contributed by atoms with van der Waals surface area (Å²) in [5, 5.41) is 3.59. The van der Waals surface area contributed by atoms with E-state index < -0.39 is 0 Å². The van der Waals surface area contributed by atoms with Gasteiger partial charge in [-0.3, -0.25) is 4.90 Å². The number of aryl methyl sites for hydroxylation is 3. The molecule has 2 heteroatoms. The third-order valence-corrected chi connectivity index (χ3v) is 3.86. The first-order chi connectivity index (χ1) is 8.45. The van der Waals surface area contributed by atoms with Gasteiger partial charge in [-0.2, -0.15) is 0 Å². The zero-order valence-electron chi connectivity index (χ0n) is 12.4. The number of rotatable bonds is 2. The Balaban J connectivity index is 2.14. The summed E-state index contributed by atoms with van der Waals surface area (Å²) in [4.78, 5) is 2.58. The van der Waals surface area contributed by atoms with Crippen LogP contribution in [-0.4, -0.2) is 30.1 Å². The summed E-state index contributed by atoms with van der Waals surface area (Å²) in [6.07, 6.45) is 0. The molecule has 1 fully saturated rings. The van der Waals surface area contributed by atoms with Crippen molar-refractivity contribution in [3.63, 3.8) is 0 Å². The van der Waals surface area contributed by atoms with Crippen molar-refractivity contribution in [2.45, 2.75) is 53.2 Å². The summed E-state index contributed by atoms with van der Waals surface area (Å²) in [6.45, 7) is 14.6. The van der Waals surface area contributed by atoms with Crippen molar-refractivity contribution in [2.24, 2.45) is 0 Å². The van der Waals surface area contributed by atoms with Crippen LogP contribution >= 0.6 is 0 Å². The number of nitrogens with one attached hydrogen (secondary N) is 1. The molecule has 2 unspecified atom stereocenters. The first kappa shape index (κ1) is 13.6. The number of hydrogen-bond donors (Lipinski definition) is 1. The van der Waals surface area contributed by atoms with Gasteiger partial charge >= 0.3 is 0 Å². The Morgan fingerprint density at radius 2 is 1.56 bits per heavy atom. The quantitative estimate of drug-likeness (QED) is 0.863. The molecule has 100 valence electrons. The van der Waals surface area contributed by atoms with Gasteiger partial charge in [0.1, 0.15) is 0 Å². The van der Waals surface area contributed by atoms with Gasteiger partial charge < -0.3 is 5.32 Å². The lowest BCUT2D eigenvalue weighted by Gasteiger charge is -2.36. The zero-order chi connectivity index (χ0) is 13.3. The molecule has 1 heterocycles. The topological polar surface area (TPSA) is 15.3 Å². The molecule has 2 atom stereocenters. The second-order valence-corrected chi connectivity index (χ2v) is 6.04. The molecule has 2 nitrogen and oxygen atoms in total. The molecule has 1 aliphatic rings. The third-order valence-electron chi connectivity index (χ3n) is 3.86. The molecule has 0 spiro atoms. The van der Waals surface area contributed by atoms with Crippen LogP contribution in [0.5, 0.6) is 0 Å². The SMILES string of the molecule is Cc1cc(C)c(CN2CC(C)NC(C)C2)c(C)c1. The summed E-state index contributed by atoms with van der Waals surface area (Å²) in [6, 6.07) is 5.80. The average molecular weight is 246 g/mol. The van der Waals surface area contributed by atoms with E-state index in [-0.39, 0.29) is 0 Å². The van der Waals surface area contributed by atoms with E-state index in [1.54, 1.807) is 0 Å². The molecule has 18 heavy (non-hydrogen) atoms. The van der Waals surface area contributed by atoms with E-state index in [1.165, 1.54) is 22.3 Å². The van der Waals surface area contributed by atoms with Crippen LogP contribution in [0, 0.1) is 20.8 Å². The molecule has 0 bridgehead atoms. The molecule has 1 N–H and O–H groups in total. The van der Waals surface area contributed by atoms with Crippen molar-refractivity contribution in [3.8, 4) is 0 Å². The maximum Gasteiger partial charge on any atom is 0.0240 e. The van der Waals surface area contributed by atoms with Crippen molar-refractivity contribution < 1.29 is 0 Å². The number of nitrogens with zero attached hydrogens (tertiary/aromatic N) is 1. The fourth-order valence-corrected chi connectivity index (χ4v) is 3.25. The van der Waals surface area contributed by atoms with E-state index in [1.807, 2.05) is 0 Å². The molecule has 1 aliphatic heterocycles. The lowest BCUT2D eigenvalue weighted by atomic mass is 9.98. The fraction of sp³-hybridized carbons (Fsp3) is 0.625. The second kappa shape index (κ2) is 5.41. The van der Waals surface area contributed by atoms with Gasteiger partial charge in [0.25, 0.3) is 0 Å². The molecular weight excluding hydrogens is 220 g/mol. The third kappa shape index (κ3) is 3.12. The fourth-order valence-electron chi connectivity index (χ4n) is 3.25. The largest absolute Gasteiger partial charge is 0.309 e. The summed E-state index contributed by atoms with van der Waals surface area (Å²) in [7, 11) is 0. The molecule has 0 saturated carbocycles. The number of hydrogen-bond acceptors (Lipinski definition) is 2. The predicted molar refractivity (Wildman–Crippen MR) is 78.0 cm³/mol. The van der Waals surface area contributed by atoms with Gasteiger partial charge in [0.2, 0.25) is 0 Å². The molecule has 0 aliphatic carbocycles. The van der Waals surface area contributed by atoms with E-state index in [0.29, 0.717) is 12.1 Å². The molecule has 0 aromatic heterocycles. The van der Waals surface area contributed by atoms with Crippen LogP contribution in [0.15, 0.2) is 12.1 Å². The number of benzene rings is 1. The molecule has 0 amide bonds. The van der Waals surface area contributed by atoms with Gasteiger partial charge in [-0.25, -0.2) is 0 Å². The Morgan fingerprint density at radius 3 is 2.06 bits per heavy atom. The van der Waals surface area contributed by atoms with Crippen LogP contribution in [0.2, 0.25) is 0 Å². The molecule has 1 aromatic rings. The average Bonchev–Trinajstić information content (AvgIpc) is 2.22. The van der Waals surface area contributed by atoms with E-state index in [2.05, 4.69) is 57.0 Å². The second-order valence-electron chi connectivity index (χ2n) is 6.04. The van der Waals surface area contributed by atoms with Crippen LogP contribution in [0.25, 0.3) is 0 Å². The van der Waals surface area contributed by atoms with E-state index >= 15 is 0 Å². The standard InChI is InChI=1S/C16H26N2/c1-11-6-12(2)16(13(3)7-11)10-18-8-14(4)17-15(5)9-18/h6-7,14-15,17H,8-10H2,1-5H3. The maximum absolute atomic E-state index is 3.59. The molecule has 0 radical (unpaired) electrons. The minimum atomic E-state index is 0.597. The van der Waals surface area contributed by atoms with Crippen LogP contribution in [-0.2, 0) is 6.54 Å². The van der Waals surface area contributed by atoms with Crippen molar-refractivity contribution in [3.05, 3.63) is 34.4 Å². The molecular formula is C16H26N2. The molecule has 1 aromatic carbocycles. The van der Waals surface area contributed by atoms with Gasteiger partial charge in [0, 0.05) is 31.7 Å². The van der Waals surface area contributed by atoms with Crippen LogP contribution in [0.3, 0.4) is 0 Å². The normalized spacial score (nSPS) is 25.4. The van der Waals surface area contributed by atoms with Crippen LogP contribution in [0.1, 0.15) is 36.1 Å². The monoisotopic (exact) mass is 246 g/mol. The lowest BCUT2D eigenvalue weighted by molar-refractivity contribution is 0.166. The van der Waals surface area contributed by atoms with E-state index in [4.69, 9.17) is 0 Å². The molecule has 1 saturated heterocycles. The van der Waals surface area contributed by atoms with Gasteiger partial charge in [-0.15, -0.1) is 0 Å². The highest BCUT2D eigenvalue weighted by Gasteiger charge is 2.21. The van der Waals surface area contributed by atoms with Gasteiger partial charge in [-0.05, 0) is 51.3 Å². The van der Waals surface area contributed by atoms with Crippen LogP contribution < -0.4 is 5.32 Å². The Hall–Kier alpha value is -0.860. The summed E-state index contributed by atoms with van der Waals surface area (Å²) < 4.78 is 0. The predicted octanol–water partition coefficient (Wildman–Crippen LogP) is 2.79. The number of piperazine rings is 1. The first-order valence-electron chi connectivity index (χ1n) is 7.01. The van der Waals surface area contributed by atoms with E-state index in [9.17, 15) is 0 Å². The van der Waals surface area contributed by atoms with Gasteiger partial charge in [0.05, 0.1) is 0 Å². The Bertz CT molecular complexity index is 392. The smallest absolute Gasteiger partial charge is 0.0240 e. The highest BCUT2D eigenvalue weighted by atomic mass is 15.2. The summed E-state index contributed by atoms with van der Waals surface area (Å²) in [5.74, 6) is 0. The summed E-state index contributed by atoms with van der Waals surface area (Å²) in [5.41, 5.74) is 5.76. The Morgan fingerprint density at radius 1 is 1.06 bits per heavy atom. The van der Waals surface area contributed by atoms with Crippen molar-refractivity contribution >= 4 is 0 Å². The Kier molecular flexibility index (Phi) is 4.08. The van der Waals surface area contributed by atoms with Gasteiger partial charge in [-0.1, -0.05) is 17.7 Å². The highest BCUT2D eigenvalue weighted by molar-refractivity contribution is 5.37.